The van der Waals surface area contributed by atoms with Crippen molar-refractivity contribution in [3.05, 3.63) is 15.9 Å². The first kappa shape index (κ1) is 17.4. The molecule has 7 nitrogen and oxygen atoms in total. The van der Waals surface area contributed by atoms with E-state index in [0.717, 1.165) is 3.79 Å². The lowest BCUT2D eigenvalue weighted by Gasteiger charge is -2.33. The zero-order valence-electron chi connectivity index (χ0n) is 11.7. The van der Waals surface area contributed by atoms with E-state index >= 15 is 0 Å². The summed E-state index contributed by atoms with van der Waals surface area (Å²) in [6.45, 7) is 1.85. The van der Waals surface area contributed by atoms with E-state index in [-0.39, 0.29) is 19.0 Å². The van der Waals surface area contributed by atoms with E-state index in [1.165, 1.54) is 15.6 Å². The Labute approximate surface area is 141 Å². The van der Waals surface area contributed by atoms with Crippen molar-refractivity contribution < 1.29 is 13.2 Å². The highest BCUT2D eigenvalue weighted by Crippen LogP contribution is 2.28. The maximum Gasteiger partial charge on any atom is 0.252 e. The minimum atomic E-state index is -3.46. The lowest BCUT2D eigenvalue weighted by atomic mass is 10.3. The molecule has 1 amide bonds. The Morgan fingerprint density at radius 3 is 2.59 bits per heavy atom. The van der Waals surface area contributed by atoms with Gasteiger partial charge in [0.1, 0.15) is 10.8 Å². The maximum atomic E-state index is 12.5. The highest BCUT2D eigenvalue weighted by atomic mass is 79.9. The van der Waals surface area contributed by atoms with Crippen molar-refractivity contribution in [2.75, 3.05) is 39.3 Å². The van der Waals surface area contributed by atoms with Crippen LogP contribution in [0.15, 0.2) is 20.1 Å². The molecule has 1 aliphatic heterocycles. The Morgan fingerprint density at radius 2 is 2.05 bits per heavy atom. The number of hydrogen-bond acceptors (Lipinski definition) is 6. The molecule has 1 aromatic rings. The Kier molecular flexibility index (Phi) is 5.94. The molecule has 1 aromatic heterocycles. The molecular formula is C12H15BrN4O3S2. The second-order valence-corrected chi connectivity index (χ2v) is 9.30. The lowest BCUT2D eigenvalue weighted by Crippen LogP contribution is -2.50. The molecule has 10 heteroatoms. The predicted molar refractivity (Wildman–Crippen MR) is 85.8 cm³/mol. The molecule has 0 unspecified atom stereocenters. The van der Waals surface area contributed by atoms with Crippen molar-refractivity contribution in [2.45, 2.75) is 4.21 Å². The van der Waals surface area contributed by atoms with Crippen molar-refractivity contribution >= 4 is 43.2 Å². The number of hydrogen-bond donors (Lipinski definition) is 1. The maximum absolute atomic E-state index is 12.5. The van der Waals surface area contributed by atoms with Gasteiger partial charge in [0.2, 0.25) is 5.91 Å². The van der Waals surface area contributed by atoms with Crippen molar-refractivity contribution in [1.29, 1.82) is 5.26 Å². The average molecular weight is 407 g/mol. The summed E-state index contributed by atoms with van der Waals surface area (Å²) in [6.07, 6.45) is 0. The third kappa shape index (κ3) is 4.27. The standard InChI is InChI=1S/C12H15BrN4O3S2/c13-10-1-2-12(21-10)22(19,20)17-7-5-16(6-8-17)9-11(18)15-4-3-14/h1-2H,4-9H2,(H,15,18). The SMILES string of the molecule is N#CCNC(=O)CN1CCN(S(=O)(=O)c2ccc(Br)s2)CC1. The Morgan fingerprint density at radius 1 is 1.36 bits per heavy atom. The third-order valence-corrected chi connectivity index (χ3v) is 7.20. The molecule has 120 valence electrons. The zero-order chi connectivity index (χ0) is 16.2. The van der Waals surface area contributed by atoms with Crippen LogP contribution < -0.4 is 5.32 Å². The molecule has 0 atom stereocenters. The molecule has 2 heterocycles. The second-order valence-electron chi connectivity index (χ2n) is 4.67. The quantitative estimate of drug-likeness (QED) is 0.716. The van der Waals surface area contributed by atoms with Gasteiger partial charge in [-0.3, -0.25) is 9.69 Å². The van der Waals surface area contributed by atoms with E-state index in [0.29, 0.717) is 30.4 Å². The molecule has 1 aliphatic rings. The highest BCUT2D eigenvalue weighted by Gasteiger charge is 2.30. The van der Waals surface area contributed by atoms with Crippen LogP contribution in [0.2, 0.25) is 0 Å². The normalized spacial score (nSPS) is 17.1. The lowest BCUT2D eigenvalue weighted by molar-refractivity contribution is -0.122. The number of piperazine rings is 1. The molecule has 0 saturated carbocycles. The van der Waals surface area contributed by atoms with Gasteiger partial charge in [0.25, 0.3) is 10.0 Å². The van der Waals surface area contributed by atoms with Gasteiger partial charge in [0.05, 0.1) is 16.4 Å². The number of nitriles is 1. The van der Waals surface area contributed by atoms with Gasteiger partial charge in [-0.2, -0.15) is 9.57 Å². The van der Waals surface area contributed by atoms with E-state index in [1.807, 2.05) is 11.0 Å². The van der Waals surface area contributed by atoms with Crippen LogP contribution in [0.4, 0.5) is 0 Å². The summed E-state index contributed by atoms with van der Waals surface area (Å²) in [5.74, 6) is -0.222. The smallest absolute Gasteiger partial charge is 0.252 e. The summed E-state index contributed by atoms with van der Waals surface area (Å²) in [7, 11) is -3.46. The monoisotopic (exact) mass is 406 g/mol. The fourth-order valence-corrected chi connectivity index (χ4v) is 5.68. The minimum Gasteiger partial charge on any atom is -0.342 e. The van der Waals surface area contributed by atoms with Crippen LogP contribution in [0.25, 0.3) is 0 Å². The van der Waals surface area contributed by atoms with Crippen LogP contribution in [0.1, 0.15) is 0 Å². The third-order valence-electron chi connectivity index (χ3n) is 3.21. The van der Waals surface area contributed by atoms with E-state index < -0.39 is 10.0 Å². The first-order valence-electron chi connectivity index (χ1n) is 6.55. The number of amides is 1. The van der Waals surface area contributed by atoms with Gasteiger partial charge in [-0.1, -0.05) is 0 Å². The first-order chi connectivity index (χ1) is 10.4. The minimum absolute atomic E-state index is 0.0135. The van der Waals surface area contributed by atoms with Gasteiger partial charge >= 0.3 is 0 Å². The highest BCUT2D eigenvalue weighted by molar-refractivity contribution is 9.11. The van der Waals surface area contributed by atoms with Crippen molar-refractivity contribution in [3.8, 4) is 6.07 Å². The molecule has 1 fully saturated rings. The van der Waals surface area contributed by atoms with Crippen LogP contribution in [0.5, 0.6) is 0 Å². The number of carbonyl (C=O) groups excluding carboxylic acids is 1. The molecule has 0 radical (unpaired) electrons. The van der Waals surface area contributed by atoms with Crippen LogP contribution >= 0.6 is 27.3 Å². The molecule has 0 aromatic carbocycles. The summed E-state index contributed by atoms with van der Waals surface area (Å²) < 4.78 is 27.4. The predicted octanol–water partition coefficient (Wildman–Crippen LogP) is 0.457. The summed E-state index contributed by atoms with van der Waals surface area (Å²) >= 11 is 4.45. The first-order valence-corrected chi connectivity index (χ1v) is 9.60. The second kappa shape index (κ2) is 7.52. The summed E-state index contributed by atoms with van der Waals surface area (Å²) in [5.41, 5.74) is 0. The van der Waals surface area contributed by atoms with Crippen molar-refractivity contribution in [3.63, 3.8) is 0 Å². The number of nitrogens with zero attached hydrogens (tertiary/aromatic N) is 3. The summed E-state index contributed by atoms with van der Waals surface area (Å²) in [5, 5.41) is 10.9. The van der Waals surface area contributed by atoms with Crippen molar-refractivity contribution in [2.24, 2.45) is 0 Å². The Balaban J connectivity index is 1.89. The molecular weight excluding hydrogens is 392 g/mol. The average Bonchev–Trinajstić information content (AvgIpc) is 2.93. The van der Waals surface area contributed by atoms with E-state index in [1.54, 1.807) is 12.1 Å². The fraction of sp³-hybridized carbons (Fsp3) is 0.500. The molecule has 0 aliphatic carbocycles. The van der Waals surface area contributed by atoms with Gasteiger partial charge in [0.15, 0.2) is 0 Å². The topological polar surface area (TPSA) is 93.5 Å². The number of thiophene rings is 1. The number of rotatable bonds is 5. The van der Waals surface area contributed by atoms with Gasteiger partial charge in [-0.05, 0) is 28.1 Å². The van der Waals surface area contributed by atoms with Gasteiger partial charge < -0.3 is 5.32 Å². The van der Waals surface area contributed by atoms with Crippen LogP contribution in [0.3, 0.4) is 0 Å². The summed E-state index contributed by atoms with van der Waals surface area (Å²) in [6, 6.07) is 5.15. The molecule has 22 heavy (non-hydrogen) atoms. The zero-order valence-corrected chi connectivity index (χ0v) is 14.9. The van der Waals surface area contributed by atoms with Gasteiger partial charge in [0, 0.05) is 26.2 Å². The molecule has 1 saturated heterocycles. The largest absolute Gasteiger partial charge is 0.342 e. The Bertz CT molecular complexity index is 675. The molecule has 1 N–H and O–H groups in total. The number of halogens is 1. The van der Waals surface area contributed by atoms with Crippen LogP contribution in [0, 0.1) is 11.3 Å². The molecule has 2 rings (SSSR count). The van der Waals surface area contributed by atoms with Crippen molar-refractivity contribution in [1.82, 2.24) is 14.5 Å². The van der Waals surface area contributed by atoms with E-state index in [4.69, 9.17) is 5.26 Å². The van der Waals surface area contributed by atoms with Gasteiger partial charge in [-0.15, -0.1) is 11.3 Å². The van der Waals surface area contributed by atoms with E-state index in [2.05, 4.69) is 21.2 Å². The fourth-order valence-electron chi connectivity index (χ4n) is 2.09. The molecule has 0 bridgehead atoms. The number of nitrogens with one attached hydrogen (secondary N) is 1. The van der Waals surface area contributed by atoms with Crippen LogP contribution in [-0.4, -0.2) is 62.8 Å². The number of sulfonamides is 1. The van der Waals surface area contributed by atoms with E-state index in [9.17, 15) is 13.2 Å². The Hall–Kier alpha value is -0.990. The summed E-state index contributed by atoms with van der Waals surface area (Å²) in [4.78, 5) is 13.4. The van der Waals surface area contributed by atoms with Gasteiger partial charge in [-0.25, -0.2) is 8.42 Å². The molecule has 0 spiro atoms. The van der Waals surface area contributed by atoms with Crippen LogP contribution in [-0.2, 0) is 14.8 Å². The number of carbonyl (C=O) groups is 1.